The van der Waals surface area contributed by atoms with Crippen LogP contribution in [0.5, 0.6) is 0 Å². The van der Waals surface area contributed by atoms with Crippen LogP contribution in [0.1, 0.15) is 0 Å². The fourth-order valence-electron chi connectivity index (χ4n) is 1.14. The van der Waals surface area contributed by atoms with Gasteiger partial charge in [-0.2, -0.15) is 0 Å². The third-order valence-corrected chi connectivity index (χ3v) is 3.79. The lowest BCUT2D eigenvalue weighted by Crippen LogP contribution is -2.51. The second-order valence-corrected chi connectivity index (χ2v) is 5.04. The van der Waals surface area contributed by atoms with E-state index in [1.165, 1.54) is 7.11 Å². The van der Waals surface area contributed by atoms with E-state index in [9.17, 15) is 13.2 Å². The van der Waals surface area contributed by atoms with Crippen molar-refractivity contribution >= 4 is 15.8 Å². The zero-order valence-corrected chi connectivity index (χ0v) is 7.50. The first kappa shape index (κ1) is 9.47. The van der Waals surface area contributed by atoms with Gasteiger partial charge in [-0.05, 0) is 0 Å². The first-order valence-corrected chi connectivity index (χ1v) is 5.32. The molecule has 1 aliphatic heterocycles. The number of nitrogens with two attached hydrogens (primary N) is 1. The summed E-state index contributed by atoms with van der Waals surface area (Å²) in [5.74, 6) is -0.802. The van der Waals surface area contributed by atoms with Crippen molar-refractivity contribution in [3.8, 4) is 0 Å². The Hall–Kier alpha value is -0.620. The van der Waals surface area contributed by atoms with Crippen molar-refractivity contribution in [2.75, 3.05) is 18.6 Å². The van der Waals surface area contributed by atoms with Crippen LogP contribution in [0.3, 0.4) is 0 Å². The van der Waals surface area contributed by atoms with E-state index in [1.807, 2.05) is 0 Å². The molecule has 0 aromatic carbocycles. The zero-order valence-electron chi connectivity index (χ0n) is 6.69. The van der Waals surface area contributed by atoms with Crippen LogP contribution in [-0.4, -0.2) is 39.0 Å². The third kappa shape index (κ3) is 1.75. The summed E-state index contributed by atoms with van der Waals surface area (Å²) in [5, 5.41) is 0. The van der Waals surface area contributed by atoms with Crippen molar-refractivity contribution in [1.82, 2.24) is 0 Å². The summed E-state index contributed by atoms with van der Waals surface area (Å²) in [7, 11) is -1.67. The van der Waals surface area contributed by atoms with Gasteiger partial charge >= 0.3 is 5.97 Å². The molecule has 0 saturated carbocycles. The summed E-state index contributed by atoms with van der Waals surface area (Å²) in [6.45, 7) is 0. The lowest BCUT2D eigenvalue weighted by Gasteiger charge is -2.29. The summed E-state index contributed by atoms with van der Waals surface area (Å²) in [5.41, 5.74) is 5.42. The number of carbonyl (C=O) groups is 1. The molecule has 1 saturated heterocycles. The number of carbonyl (C=O) groups excluding carboxylic acids is 1. The van der Waals surface area contributed by atoms with Crippen LogP contribution < -0.4 is 5.73 Å². The summed E-state index contributed by atoms with van der Waals surface area (Å²) in [6, 6.07) is -0.793. The Bertz CT molecular complexity index is 272. The molecule has 2 N–H and O–H groups in total. The summed E-state index contributed by atoms with van der Waals surface area (Å²) >= 11 is 0. The summed E-state index contributed by atoms with van der Waals surface area (Å²) in [4.78, 5) is 10.8. The minimum absolute atomic E-state index is 0.00324. The van der Waals surface area contributed by atoms with Crippen molar-refractivity contribution < 1.29 is 17.9 Å². The Morgan fingerprint density at radius 1 is 1.58 bits per heavy atom. The van der Waals surface area contributed by atoms with Crippen LogP contribution in [0.15, 0.2) is 0 Å². The maximum absolute atomic E-state index is 10.8. The molecule has 1 unspecified atom stereocenters. The topological polar surface area (TPSA) is 86.5 Å². The quantitative estimate of drug-likeness (QED) is 0.541. The zero-order chi connectivity index (χ0) is 9.35. The molecule has 0 bridgehead atoms. The predicted octanol–water partition coefficient (Wildman–Crippen LogP) is -1.47. The van der Waals surface area contributed by atoms with E-state index < -0.39 is 21.8 Å². The SMILES string of the molecule is COC(=O)C(N)C1CS(=O)(=O)C1. The Labute approximate surface area is 70.8 Å². The van der Waals surface area contributed by atoms with Crippen molar-refractivity contribution in [2.24, 2.45) is 11.7 Å². The molecule has 1 rings (SSSR count). The lowest BCUT2D eigenvalue weighted by atomic mass is 10.0. The Kier molecular flexibility index (Phi) is 2.39. The van der Waals surface area contributed by atoms with Crippen molar-refractivity contribution in [1.29, 1.82) is 0 Å². The number of ether oxygens (including phenoxy) is 1. The van der Waals surface area contributed by atoms with Crippen LogP contribution in [0.4, 0.5) is 0 Å². The van der Waals surface area contributed by atoms with Gasteiger partial charge < -0.3 is 10.5 Å². The Morgan fingerprint density at radius 2 is 2.08 bits per heavy atom. The van der Waals surface area contributed by atoms with E-state index >= 15 is 0 Å². The van der Waals surface area contributed by atoms with Gasteiger partial charge in [0.1, 0.15) is 6.04 Å². The van der Waals surface area contributed by atoms with Gasteiger partial charge in [0.2, 0.25) is 0 Å². The number of rotatable bonds is 2. The molecule has 0 aromatic rings. The molecule has 0 amide bonds. The highest BCUT2D eigenvalue weighted by Crippen LogP contribution is 2.21. The van der Waals surface area contributed by atoms with Crippen LogP contribution >= 0.6 is 0 Å². The minimum atomic E-state index is -2.91. The second kappa shape index (κ2) is 3.02. The number of hydrogen-bond acceptors (Lipinski definition) is 5. The molecule has 70 valence electrons. The van der Waals surface area contributed by atoms with Gasteiger partial charge in [-0.25, -0.2) is 8.42 Å². The van der Waals surface area contributed by atoms with Crippen LogP contribution in [0.25, 0.3) is 0 Å². The maximum Gasteiger partial charge on any atom is 0.322 e. The molecule has 1 fully saturated rings. The summed E-state index contributed by atoms with van der Waals surface area (Å²) < 4.78 is 25.8. The van der Waals surface area contributed by atoms with Crippen LogP contribution in [0.2, 0.25) is 0 Å². The average molecular weight is 193 g/mol. The van der Waals surface area contributed by atoms with E-state index in [0.29, 0.717) is 0 Å². The molecule has 1 heterocycles. The van der Waals surface area contributed by atoms with E-state index in [2.05, 4.69) is 4.74 Å². The number of hydrogen-bond donors (Lipinski definition) is 1. The fraction of sp³-hybridized carbons (Fsp3) is 0.833. The van der Waals surface area contributed by atoms with E-state index in [1.54, 1.807) is 0 Å². The normalized spacial score (nSPS) is 24.2. The molecule has 0 radical (unpaired) electrons. The molecule has 0 aliphatic carbocycles. The van der Waals surface area contributed by atoms with E-state index in [-0.39, 0.29) is 17.4 Å². The van der Waals surface area contributed by atoms with Crippen molar-refractivity contribution in [2.45, 2.75) is 6.04 Å². The van der Waals surface area contributed by atoms with E-state index in [4.69, 9.17) is 5.73 Å². The molecule has 12 heavy (non-hydrogen) atoms. The van der Waals surface area contributed by atoms with Crippen LogP contribution in [-0.2, 0) is 19.4 Å². The standard InChI is InChI=1S/C6H11NO4S/c1-11-6(8)5(7)4-2-12(9,10)3-4/h4-5H,2-3,7H2,1H3. The highest BCUT2D eigenvalue weighted by atomic mass is 32.2. The van der Waals surface area contributed by atoms with Gasteiger partial charge in [-0.15, -0.1) is 0 Å². The molecular weight excluding hydrogens is 182 g/mol. The number of methoxy groups -OCH3 is 1. The lowest BCUT2D eigenvalue weighted by molar-refractivity contribution is -0.143. The first-order valence-electron chi connectivity index (χ1n) is 3.50. The maximum atomic E-state index is 10.8. The minimum Gasteiger partial charge on any atom is -0.468 e. The molecule has 0 aromatic heterocycles. The predicted molar refractivity (Wildman–Crippen MR) is 42.1 cm³/mol. The highest BCUT2D eigenvalue weighted by Gasteiger charge is 2.40. The van der Waals surface area contributed by atoms with Gasteiger partial charge in [-0.3, -0.25) is 4.79 Å². The molecule has 6 heteroatoms. The number of sulfone groups is 1. The van der Waals surface area contributed by atoms with Gasteiger partial charge in [0.25, 0.3) is 0 Å². The van der Waals surface area contributed by atoms with Gasteiger partial charge in [0, 0.05) is 5.92 Å². The largest absolute Gasteiger partial charge is 0.468 e. The monoisotopic (exact) mass is 193 g/mol. The Balaban J connectivity index is 2.48. The Morgan fingerprint density at radius 3 is 2.42 bits per heavy atom. The fourth-order valence-corrected chi connectivity index (χ4v) is 2.76. The number of esters is 1. The first-order chi connectivity index (χ1) is 5.46. The third-order valence-electron chi connectivity index (χ3n) is 1.92. The molecular formula is C6H11NO4S. The molecule has 1 aliphatic rings. The van der Waals surface area contributed by atoms with Crippen molar-refractivity contribution in [3.05, 3.63) is 0 Å². The second-order valence-electron chi connectivity index (χ2n) is 2.89. The van der Waals surface area contributed by atoms with Gasteiger partial charge in [0.05, 0.1) is 18.6 Å². The smallest absolute Gasteiger partial charge is 0.322 e. The van der Waals surface area contributed by atoms with Gasteiger partial charge in [-0.1, -0.05) is 0 Å². The van der Waals surface area contributed by atoms with E-state index in [0.717, 1.165) is 0 Å². The van der Waals surface area contributed by atoms with Crippen LogP contribution in [0, 0.1) is 5.92 Å². The van der Waals surface area contributed by atoms with Gasteiger partial charge in [0.15, 0.2) is 9.84 Å². The molecule has 1 atom stereocenters. The molecule has 5 nitrogen and oxygen atoms in total. The molecule has 0 spiro atoms. The highest BCUT2D eigenvalue weighted by molar-refractivity contribution is 7.92. The summed E-state index contributed by atoms with van der Waals surface area (Å²) in [6.07, 6.45) is 0. The van der Waals surface area contributed by atoms with Crippen molar-refractivity contribution in [3.63, 3.8) is 0 Å². The average Bonchev–Trinajstić information content (AvgIpc) is 1.97.